The van der Waals surface area contributed by atoms with Crippen LogP contribution < -0.4 is 5.32 Å². The van der Waals surface area contributed by atoms with E-state index in [9.17, 15) is 18.0 Å². The van der Waals surface area contributed by atoms with Gasteiger partial charge in [0, 0.05) is 16.7 Å². The number of nitrogens with one attached hydrogen (secondary N) is 1. The maximum absolute atomic E-state index is 12.8. The number of anilines is 1. The fourth-order valence-electron chi connectivity index (χ4n) is 3.30. The molecule has 150 valence electrons. The number of ether oxygens (including phenoxy) is 1. The van der Waals surface area contributed by atoms with Crippen LogP contribution in [-0.2, 0) is 27.4 Å². The topological polar surface area (TPSA) is 89.5 Å². The second-order valence-electron chi connectivity index (χ2n) is 7.03. The predicted octanol–water partition coefficient (Wildman–Crippen LogP) is 3.71. The summed E-state index contributed by atoms with van der Waals surface area (Å²) in [4.78, 5) is 26.5. The van der Waals surface area contributed by atoms with Gasteiger partial charge in [0.25, 0.3) is 5.91 Å². The van der Waals surface area contributed by atoms with E-state index >= 15 is 0 Å². The summed E-state index contributed by atoms with van der Waals surface area (Å²) in [7, 11) is -3.42. The number of benzene rings is 1. The summed E-state index contributed by atoms with van der Waals surface area (Å²) in [6, 6.07) is 5.86. The standard InChI is InChI=1S/C20H23NO5S2/c1-4-26-20(23)17-15-9-8-12(2)10-16(15)27-19(17)21-18(22)13-6-5-7-14(11-13)28(3,24)25/h5-7,11-12H,4,8-10H2,1-3H3,(H,21,22)/t12-/m0/s1. The number of fused-ring (bicyclic) bond motifs is 1. The summed E-state index contributed by atoms with van der Waals surface area (Å²) in [5.41, 5.74) is 1.61. The molecule has 0 saturated carbocycles. The fourth-order valence-corrected chi connectivity index (χ4v) is 5.36. The van der Waals surface area contributed by atoms with Crippen molar-refractivity contribution in [3.8, 4) is 0 Å². The quantitative estimate of drug-likeness (QED) is 0.744. The van der Waals surface area contributed by atoms with E-state index < -0.39 is 21.7 Å². The minimum absolute atomic E-state index is 0.0741. The van der Waals surface area contributed by atoms with Crippen LogP contribution in [0.1, 0.15) is 51.4 Å². The number of esters is 1. The molecule has 0 fully saturated rings. The number of amides is 1. The lowest BCUT2D eigenvalue weighted by Gasteiger charge is -2.18. The largest absolute Gasteiger partial charge is 0.462 e. The van der Waals surface area contributed by atoms with Crippen molar-refractivity contribution >= 4 is 38.1 Å². The minimum Gasteiger partial charge on any atom is -0.462 e. The molecule has 1 aliphatic carbocycles. The Hall–Kier alpha value is -2.19. The van der Waals surface area contributed by atoms with Gasteiger partial charge in [-0.2, -0.15) is 0 Å². The molecule has 1 N–H and O–H groups in total. The van der Waals surface area contributed by atoms with Gasteiger partial charge in [0.1, 0.15) is 5.00 Å². The zero-order chi connectivity index (χ0) is 20.5. The predicted molar refractivity (Wildman–Crippen MR) is 109 cm³/mol. The van der Waals surface area contributed by atoms with Crippen molar-refractivity contribution in [3.05, 3.63) is 45.8 Å². The molecule has 1 heterocycles. The van der Waals surface area contributed by atoms with Gasteiger partial charge in [0.15, 0.2) is 9.84 Å². The van der Waals surface area contributed by atoms with E-state index in [4.69, 9.17) is 4.74 Å². The Balaban J connectivity index is 1.96. The first kappa shape index (κ1) is 20.5. The first-order valence-electron chi connectivity index (χ1n) is 9.13. The second-order valence-corrected chi connectivity index (χ2v) is 10.2. The van der Waals surface area contributed by atoms with Crippen molar-refractivity contribution in [3.63, 3.8) is 0 Å². The average molecular weight is 422 g/mol. The second kappa shape index (κ2) is 8.05. The summed E-state index contributed by atoms with van der Waals surface area (Å²) >= 11 is 1.40. The highest BCUT2D eigenvalue weighted by Crippen LogP contribution is 2.40. The number of carbonyl (C=O) groups is 2. The SMILES string of the molecule is CCOC(=O)c1c(NC(=O)c2cccc(S(C)(=O)=O)c2)sc2c1CC[C@H](C)C2. The molecule has 1 aliphatic rings. The van der Waals surface area contributed by atoms with Crippen molar-refractivity contribution in [2.75, 3.05) is 18.2 Å². The Kier molecular flexibility index (Phi) is 5.90. The summed E-state index contributed by atoms with van der Waals surface area (Å²) in [6.07, 6.45) is 3.73. The van der Waals surface area contributed by atoms with Crippen LogP contribution in [0.3, 0.4) is 0 Å². The number of sulfone groups is 1. The summed E-state index contributed by atoms with van der Waals surface area (Å²) in [5, 5.41) is 3.27. The van der Waals surface area contributed by atoms with Crippen LogP contribution in [0.5, 0.6) is 0 Å². The molecule has 0 unspecified atom stereocenters. The molecule has 1 aromatic heterocycles. The van der Waals surface area contributed by atoms with Gasteiger partial charge in [-0.25, -0.2) is 13.2 Å². The Morgan fingerprint density at radius 2 is 2.07 bits per heavy atom. The molecule has 0 bridgehead atoms. The number of thiophene rings is 1. The molecule has 8 heteroatoms. The highest BCUT2D eigenvalue weighted by molar-refractivity contribution is 7.90. The van der Waals surface area contributed by atoms with E-state index in [1.807, 2.05) is 0 Å². The van der Waals surface area contributed by atoms with E-state index in [-0.39, 0.29) is 17.1 Å². The molecular weight excluding hydrogens is 398 g/mol. The summed E-state index contributed by atoms with van der Waals surface area (Å²) in [6.45, 7) is 4.17. The zero-order valence-electron chi connectivity index (χ0n) is 16.1. The third kappa shape index (κ3) is 4.28. The molecule has 1 aromatic carbocycles. The third-order valence-electron chi connectivity index (χ3n) is 4.74. The molecular formula is C20H23NO5S2. The van der Waals surface area contributed by atoms with Crippen LogP contribution in [0.4, 0.5) is 5.00 Å². The van der Waals surface area contributed by atoms with E-state index in [0.29, 0.717) is 16.5 Å². The zero-order valence-corrected chi connectivity index (χ0v) is 17.7. The van der Waals surface area contributed by atoms with E-state index in [1.54, 1.807) is 13.0 Å². The lowest BCUT2D eigenvalue weighted by atomic mass is 9.88. The van der Waals surface area contributed by atoms with E-state index in [0.717, 1.165) is 36.0 Å². The number of rotatable bonds is 5. The smallest absolute Gasteiger partial charge is 0.341 e. The van der Waals surface area contributed by atoms with E-state index in [1.165, 1.54) is 29.5 Å². The maximum Gasteiger partial charge on any atom is 0.341 e. The van der Waals surface area contributed by atoms with Crippen molar-refractivity contribution in [2.24, 2.45) is 5.92 Å². The Bertz CT molecular complexity index is 1020. The normalized spacial score (nSPS) is 16.3. The summed E-state index contributed by atoms with van der Waals surface area (Å²) < 4.78 is 28.7. The fraction of sp³-hybridized carbons (Fsp3) is 0.400. The van der Waals surface area contributed by atoms with Crippen molar-refractivity contribution in [2.45, 2.75) is 38.0 Å². The maximum atomic E-state index is 12.8. The highest BCUT2D eigenvalue weighted by atomic mass is 32.2. The molecule has 2 aromatic rings. The molecule has 0 aliphatic heterocycles. The highest BCUT2D eigenvalue weighted by Gasteiger charge is 2.29. The van der Waals surface area contributed by atoms with Gasteiger partial charge >= 0.3 is 5.97 Å². The molecule has 28 heavy (non-hydrogen) atoms. The number of hydrogen-bond donors (Lipinski definition) is 1. The minimum atomic E-state index is -3.42. The first-order chi connectivity index (χ1) is 13.2. The monoisotopic (exact) mass is 421 g/mol. The third-order valence-corrected chi connectivity index (χ3v) is 7.02. The molecule has 0 saturated heterocycles. The van der Waals surface area contributed by atoms with Crippen LogP contribution in [0.15, 0.2) is 29.2 Å². The van der Waals surface area contributed by atoms with Crippen LogP contribution >= 0.6 is 11.3 Å². The van der Waals surface area contributed by atoms with Gasteiger partial charge in [0.2, 0.25) is 0 Å². The van der Waals surface area contributed by atoms with Crippen molar-refractivity contribution in [1.82, 2.24) is 0 Å². The Labute approximate surface area is 168 Å². The van der Waals surface area contributed by atoms with Gasteiger partial charge < -0.3 is 10.1 Å². The van der Waals surface area contributed by atoms with Crippen LogP contribution in [-0.4, -0.2) is 33.2 Å². The molecule has 6 nitrogen and oxygen atoms in total. The van der Waals surface area contributed by atoms with Gasteiger partial charge in [-0.3, -0.25) is 4.79 Å². The van der Waals surface area contributed by atoms with E-state index in [2.05, 4.69) is 12.2 Å². The van der Waals surface area contributed by atoms with Crippen LogP contribution in [0.25, 0.3) is 0 Å². The van der Waals surface area contributed by atoms with Gasteiger partial charge in [0.05, 0.1) is 17.1 Å². The Morgan fingerprint density at radius 3 is 2.75 bits per heavy atom. The summed E-state index contributed by atoms with van der Waals surface area (Å²) in [5.74, 6) is -0.367. The molecule has 0 radical (unpaired) electrons. The molecule has 1 amide bonds. The average Bonchev–Trinajstić information content (AvgIpc) is 2.98. The lowest BCUT2D eigenvalue weighted by molar-refractivity contribution is 0.0526. The van der Waals surface area contributed by atoms with Crippen LogP contribution in [0.2, 0.25) is 0 Å². The van der Waals surface area contributed by atoms with Gasteiger partial charge in [-0.05, 0) is 55.9 Å². The van der Waals surface area contributed by atoms with Crippen LogP contribution in [0, 0.1) is 5.92 Å². The number of carbonyl (C=O) groups excluding carboxylic acids is 2. The van der Waals surface area contributed by atoms with Gasteiger partial charge in [-0.15, -0.1) is 11.3 Å². The molecule has 0 spiro atoms. The van der Waals surface area contributed by atoms with Crippen molar-refractivity contribution in [1.29, 1.82) is 0 Å². The first-order valence-corrected chi connectivity index (χ1v) is 11.8. The van der Waals surface area contributed by atoms with Gasteiger partial charge in [-0.1, -0.05) is 13.0 Å². The number of hydrogen-bond acceptors (Lipinski definition) is 6. The van der Waals surface area contributed by atoms with Crippen molar-refractivity contribution < 1.29 is 22.7 Å². The lowest BCUT2D eigenvalue weighted by Crippen LogP contribution is -2.17. The Morgan fingerprint density at radius 1 is 1.32 bits per heavy atom. The molecule has 1 atom stereocenters. The molecule has 3 rings (SSSR count).